The number of aliphatic hydroxyl groups is 4. The summed E-state index contributed by atoms with van der Waals surface area (Å²) in [6, 6.07) is 15.1. The van der Waals surface area contributed by atoms with Crippen LogP contribution in [0, 0.1) is 0 Å². The van der Waals surface area contributed by atoms with Gasteiger partial charge in [0, 0.05) is 11.6 Å². The molecule has 0 spiro atoms. The highest BCUT2D eigenvalue weighted by atomic mass is 16.7. The molecule has 1 fully saturated rings. The third kappa shape index (κ3) is 3.76. The molecule has 8 heteroatoms. The monoisotopic (exact) mass is 400 g/mol. The van der Waals surface area contributed by atoms with E-state index in [2.05, 4.69) is 0 Å². The average molecular weight is 400 g/mol. The molecule has 1 aliphatic heterocycles. The summed E-state index contributed by atoms with van der Waals surface area (Å²) in [5.74, 6) is 0.632. The first-order chi connectivity index (χ1) is 14.0. The number of benzene rings is 2. The van der Waals surface area contributed by atoms with Crippen LogP contribution in [0.2, 0.25) is 0 Å². The first kappa shape index (κ1) is 19.6. The molecule has 2 aromatic carbocycles. The molecule has 5 atom stereocenters. The van der Waals surface area contributed by atoms with E-state index in [1.165, 1.54) is 18.2 Å². The van der Waals surface area contributed by atoms with Gasteiger partial charge in [-0.3, -0.25) is 4.79 Å². The van der Waals surface area contributed by atoms with Gasteiger partial charge in [0.05, 0.1) is 12.0 Å². The molecule has 8 nitrogen and oxygen atoms in total. The summed E-state index contributed by atoms with van der Waals surface area (Å²) >= 11 is 0. The summed E-state index contributed by atoms with van der Waals surface area (Å²) in [5, 5.41) is 39.3. The van der Waals surface area contributed by atoms with Crippen molar-refractivity contribution in [2.24, 2.45) is 0 Å². The summed E-state index contributed by atoms with van der Waals surface area (Å²) in [5.41, 5.74) is 0.856. The van der Waals surface area contributed by atoms with Gasteiger partial charge < -0.3 is 34.3 Å². The molecular formula is C21H20O8. The molecule has 0 amide bonds. The number of fused-ring (bicyclic) bond motifs is 1. The van der Waals surface area contributed by atoms with Gasteiger partial charge in [0.1, 0.15) is 41.5 Å². The Kier molecular flexibility index (Phi) is 5.35. The molecule has 1 unspecified atom stereocenters. The lowest BCUT2D eigenvalue weighted by molar-refractivity contribution is -0.277. The second kappa shape index (κ2) is 7.94. The zero-order valence-electron chi connectivity index (χ0n) is 15.2. The van der Waals surface area contributed by atoms with Gasteiger partial charge >= 0.3 is 0 Å². The van der Waals surface area contributed by atoms with Crippen LogP contribution in [0.3, 0.4) is 0 Å². The highest BCUT2D eigenvalue weighted by Crippen LogP contribution is 2.27. The summed E-state index contributed by atoms with van der Waals surface area (Å²) in [6.45, 7) is -0.561. The molecule has 1 saturated heterocycles. The zero-order chi connectivity index (χ0) is 20.5. The van der Waals surface area contributed by atoms with Gasteiger partial charge in [0.25, 0.3) is 0 Å². The van der Waals surface area contributed by atoms with Crippen LogP contribution in [0.5, 0.6) is 5.75 Å². The van der Waals surface area contributed by atoms with Gasteiger partial charge in [-0.15, -0.1) is 0 Å². The van der Waals surface area contributed by atoms with Crippen molar-refractivity contribution in [3.63, 3.8) is 0 Å². The maximum absolute atomic E-state index is 12.6. The zero-order valence-corrected chi connectivity index (χ0v) is 15.2. The predicted octanol–water partition coefficient (Wildman–Crippen LogP) is 0.639. The normalized spacial score (nSPS) is 27.1. The third-order valence-corrected chi connectivity index (χ3v) is 4.86. The Morgan fingerprint density at radius 2 is 1.69 bits per heavy atom. The highest BCUT2D eigenvalue weighted by molar-refractivity contribution is 5.80. The van der Waals surface area contributed by atoms with Crippen LogP contribution in [-0.4, -0.2) is 57.7 Å². The van der Waals surface area contributed by atoms with Crippen LogP contribution in [0.4, 0.5) is 0 Å². The van der Waals surface area contributed by atoms with E-state index >= 15 is 0 Å². The second-order valence-corrected chi connectivity index (χ2v) is 6.81. The first-order valence-corrected chi connectivity index (χ1v) is 9.08. The summed E-state index contributed by atoms with van der Waals surface area (Å²) in [7, 11) is 0. The van der Waals surface area contributed by atoms with Crippen molar-refractivity contribution in [3.8, 4) is 17.1 Å². The molecule has 0 bridgehead atoms. The second-order valence-electron chi connectivity index (χ2n) is 6.81. The van der Waals surface area contributed by atoms with E-state index in [1.807, 2.05) is 30.3 Å². The summed E-state index contributed by atoms with van der Waals surface area (Å²) < 4.78 is 16.7. The van der Waals surface area contributed by atoms with Gasteiger partial charge in [0.15, 0.2) is 5.43 Å². The smallest absolute Gasteiger partial charge is 0.229 e. The van der Waals surface area contributed by atoms with Crippen molar-refractivity contribution in [2.45, 2.75) is 30.7 Å². The van der Waals surface area contributed by atoms with Crippen molar-refractivity contribution in [1.82, 2.24) is 0 Å². The first-order valence-electron chi connectivity index (χ1n) is 9.08. The molecule has 1 aliphatic rings. The molecule has 0 saturated carbocycles. The fraction of sp³-hybridized carbons (Fsp3) is 0.286. The van der Waals surface area contributed by atoms with Crippen molar-refractivity contribution in [2.75, 3.05) is 6.61 Å². The van der Waals surface area contributed by atoms with Crippen molar-refractivity contribution < 1.29 is 34.3 Å². The van der Waals surface area contributed by atoms with Crippen LogP contribution < -0.4 is 10.2 Å². The minimum absolute atomic E-state index is 0.196. The number of rotatable bonds is 4. The lowest BCUT2D eigenvalue weighted by Gasteiger charge is -2.39. The van der Waals surface area contributed by atoms with Gasteiger partial charge in [-0.25, -0.2) is 0 Å². The van der Waals surface area contributed by atoms with E-state index in [4.69, 9.17) is 13.9 Å². The Balaban J connectivity index is 1.63. The van der Waals surface area contributed by atoms with E-state index in [0.29, 0.717) is 11.3 Å². The Hall–Kier alpha value is -2.75. The maximum Gasteiger partial charge on any atom is 0.229 e. The van der Waals surface area contributed by atoms with Gasteiger partial charge in [-0.1, -0.05) is 30.3 Å². The van der Waals surface area contributed by atoms with Crippen molar-refractivity contribution in [3.05, 3.63) is 64.8 Å². The van der Waals surface area contributed by atoms with Crippen molar-refractivity contribution in [1.29, 1.82) is 0 Å². The lowest BCUT2D eigenvalue weighted by Crippen LogP contribution is -2.60. The Morgan fingerprint density at radius 3 is 2.41 bits per heavy atom. The number of aliphatic hydroxyl groups excluding tert-OH is 4. The van der Waals surface area contributed by atoms with Crippen molar-refractivity contribution >= 4 is 11.0 Å². The Morgan fingerprint density at radius 1 is 0.931 bits per heavy atom. The minimum atomic E-state index is -1.55. The molecule has 1 aromatic heterocycles. The SMILES string of the molecule is O=c1cc(-c2ccccc2)oc2ccc(OC3O[C@H](CO)[C@@H](O)[C@H](O)[C@H]3O)cc12. The molecule has 0 radical (unpaired) electrons. The maximum atomic E-state index is 12.6. The lowest BCUT2D eigenvalue weighted by atomic mass is 9.99. The van der Waals surface area contributed by atoms with Gasteiger partial charge in [-0.05, 0) is 18.2 Å². The summed E-state index contributed by atoms with van der Waals surface area (Å²) in [6.07, 6.45) is -6.99. The fourth-order valence-corrected chi connectivity index (χ4v) is 3.25. The fourth-order valence-electron chi connectivity index (χ4n) is 3.25. The third-order valence-electron chi connectivity index (χ3n) is 4.86. The average Bonchev–Trinajstić information content (AvgIpc) is 2.75. The standard InChI is InChI=1S/C21H20O8/c22-10-17-18(24)19(25)20(26)21(29-17)27-12-6-7-15-13(8-12)14(23)9-16(28-15)11-4-2-1-3-5-11/h1-9,17-22,24-26H,10H2/t17-,18-,19+,20-,21?/m1/s1. The van der Waals surface area contributed by atoms with E-state index in [1.54, 1.807) is 6.07 Å². The molecule has 4 N–H and O–H groups in total. The number of hydrogen-bond acceptors (Lipinski definition) is 8. The highest BCUT2D eigenvalue weighted by Gasteiger charge is 2.44. The van der Waals surface area contributed by atoms with Crippen LogP contribution in [0.25, 0.3) is 22.3 Å². The van der Waals surface area contributed by atoms with Crippen LogP contribution in [0.15, 0.2) is 63.8 Å². The van der Waals surface area contributed by atoms with Gasteiger partial charge in [-0.2, -0.15) is 0 Å². The molecule has 4 rings (SSSR count). The van der Waals surface area contributed by atoms with E-state index in [-0.39, 0.29) is 16.6 Å². The molecule has 29 heavy (non-hydrogen) atoms. The molecule has 3 aromatic rings. The largest absolute Gasteiger partial charge is 0.462 e. The van der Waals surface area contributed by atoms with E-state index in [0.717, 1.165) is 5.56 Å². The van der Waals surface area contributed by atoms with E-state index in [9.17, 15) is 25.2 Å². The summed E-state index contributed by atoms with van der Waals surface area (Å²) in [4.78, 5) is 12.6. The minimum Gasteiger partial charge on any atom is -0.462 e. The number of ether oxygens (including phenoxy) is 2. The molecule has 0 aliphatic carbocycles. The van der Waals surface area contributed by atoms with E-state index < -0.39 is 37.3 Å². The van der Waals surface area contributed by atoms with Crippen LogP contribution in [0.1, 0.15) is 0 Å². The molecule has 152 valence electrons. The Bertz CT molecular complexity index is 1050. The van der Waals surface area contributed by atoms with Gasteiger partial charge in [0.2, 0.25) is 6.29 Å². The van der Waals surface area contributed by atoms with Crippen LogP contribution >= 0.6 is 0 Å². The molecule has 2 heterocycles. The Labute approximate surface area is 165 Å². The quantitative estimate of drug-likeness (QED) is 0.502. The predicted molar refractivity (Wildman–Crippen MR) is 102 cm³/mol. The van der Waals surface area contributed by atoms with Crippen LogP contribution in [-0.2, 0) is 4.74 Å². The topological polar surface area (TPSA) is 130 Å². The number of hydrogen-bond donors (Lipinski definition) is 4. The molecular weight excluding hydrogens is 380 g/mol.